The van der Waals surface area contributed by atoms with Crippen LogP contribution in [-0.4, -0.2) is 4.57 Å². The molecule has 2 heteroatoms. The molecule has 10 aromatic rings. The molecule has 0 aliphatic heterocycles. The summed E-state index contributed by atoms with van der Waals surface area (Å²) in [6, 6.07) is 71.3. The van der Waals surface area contributed by atoms with Gasteiger partial charge in [0.2, 0.25) is 0 Å². The third-order valence-corrected chi connectivity index (χ3v) is 11.9. The zero-order chi connectivity index (χ0) is 36.7. The minimum Gasteiger partial charge on any atom is -0.310 e. The number of aromatic nitrogens is 1. The number of anilines is 3. The molecular weight excluding hydrogens is 665 g/mol. The Kier molecular flexibility index (Phi) is 6.93. The highest BCUT2D eigenvalue weighted by Crippen LogP contribution is 2.52. The molecule has 2 nitrogen and oxygen atoms in total. The van der Waals surface area contributed by atoms with Gasteiger partial charge in [-0.25, -0.2) is 0 Å². The van der Waals surface area contributed by atoms with E-state index in [0.29, 0.717) is 0 Å². The van der Waals surface area contributed by atoms with Crippen molar-refractivity contribution in [3.05, 3.63) is 205 Å². The van der Waals surface area contributed by atoms with Crippen molar-refractivity contribution >= 4 is 60.4 Å². The van der Waals surface area contributed by atoms with E-state index in [-0.39, 0.29) is 5.41 Å². The lowest BCUT2D eigenvalue weighted by Gasteiger charge is -2.26. The quantitative estimate of drug-likeness (QED) is 0.173. The number of hydrogen-bond acceptors (Lipinski definition) is 1. The van der Waals surface area contributed by atoms with Gasteiger partial charge in [0, 0.05) is 38.9 Å². The fourth-order valence-electron chi connectivity index (χ4n) is 9.31. The van der Waals surface area contributed by atoms with Crippen LogP contribution in [0.1, 0.15) is 25.0 Å². The maximum Gasteiger partial charge on any atom is 0.0547 e. The van der Waals surface area contributed by atoms with E-state index >= 15 is 0 Å². The van der Waals surface area contributed by atoms with E-state index in [0.717, 1.165) is 22.7 Å². The Hall–Kier alpha value is -6.90. The first-order valence-corrected chi connectivity index (χ1v) is 19.2. The molecule has 0 atom stereocenters. The van der Waals surface area contributed by atoms with Crippen LogP contribution in [-0.2, 0) is 5.41 Å². The molecule has 0 saturated heterocycles. The van der Waals surface area contributed by atoms with Gasteiger partial charge in [-0.1, -0.05) is 141 Å². The van der Waals surface area contributed by atoms with E-state index in [1.54, 1.807) is 0 Å². The van der Waals surface area contributed by atoms with Crippen molar-refractivity contribution in [2.45, 2.75) is 19.3 Å². The predicted octanol–water partition coefficient (Wildman–Crippen LogP) is 14.5. The summed E-state index contributed by atoms with van der Waals surface area (Å²) in [6.07, 6.45) is 0. The number of para-hydroxylation sites is 1. The van der Waals surface area contributed by atoms with Crippen molar-refractivity contribution in [2.75, 3.05) is 4.90 Å². The van der Waals surface area contributed by atoms with E-state index in [4.69, 9.17) is 0 Å². The van der Waals surface area contributed by atoms with Gasteiger partial charge in [-0.05, 0) is 122 Å². The largest absolute Gasteiger partial charge is 0.310 e. The molecule has 1 aromatic heterocycles. The Balaban J connectivity index is 1.16. The highest BCUT2D eigenvalue weighted by Gasteiger charge is 2.36. The van der Waals surface area contributed by atoms with Gasteiger partial charge in [0.05, 0.1) is 11.0 Å². The molecule has 0 amide bonds. The Bertz CT molecular complexity index is 3100. The summed E-state index contributed by atoms with van der Waals surface area (Å²) in [5, 5.41) is 7.52. The van der Waals surface area contributed by atoms with Gasteiger partial charge in [0.25, 0.3) is 0 Å². The van der Waals surface area contributed by atoms with Crippen molar-refractivity contribution < 1.29 is 0 Å². The first-order chi connectivity index (χ1) is 27.0. The Morgan fingerprint density at radius 2 is 1.02 bits per heavy atom. The smallest absolute Gasteiger partial charge is 0.0547 e. The summed E-state index contributed by atoms with van der Waals surface area (Å²) in [7, 11) is 0. The molecule has 55 heavy (non-hydrogen) atoms. The predicted molar refractivity (Wildman–Crippen MR) is 233 cm³/mol. The SMILES string of the molecule is CC1(C)c2ccccc2-c2ccc3cc4c5cc(N(c6ccc(-c7ccccc7)cc6)c6ccc7ccccc7c6)ccc5n(-c5ccccc5)c4cc3c21. The molecule has 1 aliphatic rings. The number of fused-ring (bicyclic) bond motifs is 9. The van der Waals surface area contributed by atoms with Crippen LogP contribution in [0.15, 0.2) is 194 Å². The molecule has 1 aliphatic carbocycles. The van der Waals surface area contributed by atoms with E-state index < -0.39 is 0 Å². The summed E-state index contributed by atoms with van der Waals surface area (Å²) < 4.78 is 2.46. The Morgan fingerprint density at radius 1 is 0.400 bits per heavy atom. The molecule has 260 valence electrons. The van der Waals surface area contributed by atoms with Crippen LogP contribution in [0.5, 0.6) is 0 Å². The molecule has 0 spiro atoms. The third-order valence-electron chi connectivity index (χ3n) is 11.9. The van der Waals surface area contributed by atoms with Crippen LogP contribution in [0.25, 0.3) is 71.3 Å². The third kappa shape index (κ3) is 4.88. The van der Waals surface area contributed by atoms with Gasteiger partial charge in [0.1, 0.15) is 0 Å². The molecule has 0 radical (unpaired) electrons. The van der Waals surface area contributed by atoms with Crippen molar-refractivity contribution in [2.24, 2.45) is 0 Å². The summed E-state index contributed by atoms with van der Waals surface area (Å²) in [4.78, 5) is 2.40. The second kappa shape index (κ2) is 12.1. The van der Waals surface area contributed by atoms with Gasteiger partial charge < -0.3 is 9.47 Å². The zero-order valence-corrected chi connectivity index (χ0v) is 30.9. The first-order valence-electron chi connectivity index (χ1n) is 19.2. The van der Waals surface area contributed by atoms with Gasteiger partial charge in [0.15, 0.2) is 0 Å². The molecule has 1 heterocycles. The molecular formula is C53H38N2. The van der Waals surface area contributed by atoms with E-state index in [2.05, 4.69) is 217 Å². The van der Waals surface area contributed by atoms with Crippen molar-refractivity contribution in [3.8, 4) is 27.9 Å². The molecule has 0 N–H and O–H groups in total. The van der Waals surface area contributed by atoms with Gasteiger partial charge >= 0.3 is 0 Å². The van der Waals surface area contributed by atoms with Gasteiger partial charge in [-0.3, -0.25) is 0 Å². The zero-order valence-electron chi connectivity index (χ0n) is 30.9. The van der Waals surface area contributed by atoms with Crippen LogP contribution in [0.3, 0.4) is 0 Å². The molecule has 9 aromatic carbocycles. The van der Waals surface area contributed by atoms with E-state index in [9.17, 15) is 0 Å². The molecule has 0 saturated carbocycles. The number of benzene rings is 9. The fraction of sp³-hybridized carbons (Fsp3) is 0.0566. The van der Waals surface area contributed by atoms with Crippen molar-refractivity contribution in [3.63, 3.8) is 0 Å². The van der Waals surface area contributed by atoms with Crippen LogP contribution in [0.2, 0.25) is 0 Å². The number of rotatable bonds is 5. The fourth-order valence-corrected chi connectivity index (χ4v) is 9.31. The highest BCUT2D eigenvalue weighted by molar-refractivity contribution is 6.16. The Morgan fingerprint density at radius 3 is 1.84 bits per heavy atom. The normalized spacial score (nSPS) is 13.1. The lowest BCUT2D eigenvalue weighted by atomic mass is 9.80. The van der Waals surface area contributed by atoms with E-state index in [1.165, 1.54) is 76.7 Å². The van der Waals surface area contributed by atoms with Gasteiger partial charge in [-0.15, -0.1) is 0 Å². The second-order valence-corrected chi connectivity index (χ2v) is 15.4. The van der Waals surface area contributed by atoms with Gasteiger partial charge in [-0.2, -0.15) is 0 Å². The van der Waals surface area contributed by atoms with Crippen molar-refractivity contribution in [1.29, 1.82) is 0 Å². The average Bonchev–Trinajstić information content (AvgIpc) is 3.68. The van der Waals surface area contributed by atoms with E-state index in [1.807, 2.05) is 0 Å². The number of nitrogens with zero attached hydrogens (tertiary/aromatic N) is 2. The molecule has 0 fully saturated rings. The molecule has 0 unspecified atom stereocenters. The molecule has 0 bridgehead atoms. The first kappa shape index (κ1) is 31.6. The standard InChI is InChI=1S/C53H38N2/c1-53(2)49-20-12-11-19-44(49)45-29-24-39-32-47-48-33-43(28-30-50(48)55(40-17-7-4-8-18-40)51(47)34-46(39)52(45)53)54(42-27-23-36-15-9-10-16-38(36)31-42)41-25-21-37(22-26-41)35-13-5-3-6-14-35/h3-34H,1-2H3. The Labute approximate surface area is 321 Å². The molecule has 11 rings (SSSR count). The summed E-state index contributed by atoms with van der Waals surface area (Å²) in [5.41, 5.74) is 14.8. The monoisotopic (exact) mass is 702 g/mol. The topological polar surface area (TPSA) is 8.17 Å². The maximum atomic E-state index is 2.47. The lowest BCUT2D eigenvalue weighted by Crippen LogP contribution is -2.15. The lowest BCUT2D eigenvalue weighted by molar-refractivity contribution is 0.666. The minimum absolute atomic E-state index is 0.105. The highest BCUT2D eigenvalue weighted by atomic mass is 15.1. The summed E-state index contributed by atoms with van der Waals surface area (Å²) >= 11 is 0. The van der Waals surface area contributed by atoms with Crippen LogP contribution in [0, 0.1) is 0 Å². The van der Waals surface area contributed by atoms with Crippen LogP contribution in [0.4, 0.5) is 17.1 Å². The van der Waals surface area contributed by atoms with Crippen molar-refractivity contribution in [1.82, 2.24) is 4.57 Å². The minimum atomic E-state index is -0.105. The summed E-state index contributed by atoms with van der Waals surface area (Å²) in [6.45, 7) is 4.77. The number of hydrogen-bond donors (Lipinski definition) is 0. The van der Waals surface area contributed by atoms with Crippen LogP contribution >= 0.6 is 0 Å². The maximum absolute atomic E-state index is 2.47. The summed E-state index contributed by atoms with van der Waals surface area (Å²) in [5.74, 6) is 0. The second-order valence-electron chi connectivity index (χ2n) is 15.4. The average molecular weight is 703 g/mol. The van der Waals surface area contributed by atoms with Crippen LogP contribution < -0.4 is 4.90 Å².